The Morgan fingerprint density at radius 2 is 1.68 bits per heavy atom. The molecule has 0 bridgehead atoms. The van der Waals surface area contributed by atoms with E-state index in [0.29, 0.717) is 0 Å². The van der Waals surface area contributed by atoms with Gasteiger partial charge in [-0.1, -0.05) is 48.9 Å². The summed E-state index contributed by atoms with van der Waals surface area (Å²) >= 11 is 6.05. The van der Waals surface area contributed by atoms with E-state index in [-0.39, 0.29) is 6.04 Å². The average molecular weight is 274 g/mol. The second kappa shape index (κ2) is 6.23. The minimum Gasteiger partial charge on any atom is -0.324 e. The van der Waals surface area contributed by atoms with Gasteiger partial charge in [0.15, 0.2) is 0 Å². The fraction of sp³-hybridized carbons (Fsp3) is 0.294. The van der Waals surface area contributed by atoms with Gasteiger partial charge in [0.2, 0.25) is 0 Å². The van der Waals surface area contributed by atoms with Crippen LogP contribution in [0.25, 0.3) is 0 Å². The van der Waals surface area contributed by atoms with Crippen molar-refractivity contribution in [1.82, 2.24) is 0 Å². The van der Waals surface area contributed by atoms with Crippen LogP contribution >= 0.6 is 11.6 Å². The summed E-state index contributed by atoms with van der Waals surface area (Å²) in [5, 5.41) is 0.748. The largest absolute Gasteiger partial charge is 0.324 e. The van der Waals surface area contributed by atoms with Crippen LogP contribution in [0.4, 0.5) is 0 Å². The highest BCUT2D eigenvalue weighted by atomic mass is 35.5. The van der Waals surface area contributed by atoms with Crippen molar-refractivity contribution in [3.05, 3.63) is 69.7 Å². The van der Waals surface area contributed by atoms with Gasteiger partial charge >= 0.3 is 0 Å². The third-order valence-corrected chi connectivity index (χ3v) is 3.76. The summed E-state index contributed by atoms with van der Waals surface area (Å²) in [6, 6.07) is 14.6. The Morgan fingerprint density at radius 3 is 2.32 bits per heavy atom. The minimum absolute atomic E-state index is 0.00817. The third kappa shape index (κ3) is 3.59. The van der Waals surface area contributed by atoms with Crippen molar-refractivity contribution >= 4 is 11.6 Å². The van der Waals surface area contributed by atoms with Crippen molar-refractivity contribution in [2.45, 2.75) is 32.7 Å². The fourth-order valence-corrected chi connectivity index (χ4v) is 2.47. The maximum Gasteiger partial charge on any atom is 0.0409 e. The summed E-state index contributed by atoms with van der Waals surface area (Å²) < 4.78 is 0. The SMILES string of the molecule is CCc1ccc(CC(N)c2cc(Cl)ccc2C)cc1. The maximum absolute atomic E-state index is 6.31. The van der Waals surface area contributed by atoms with Crippen LogP contribution in [0, 0.1) is 6.92 Å². The van der Waals surface area contributed by atoms with E-state index in [1.807, 2.05) is 18.2 Å². The Balaban J connectivity index is 2.15. The predicted molar refractivity (Wildman–Crippen MR) is 82.6 cm³/mol. The monoisotopic (exact) mass is 273 g/mol. The van der Waals surface area contributed by atoms with Crippen LogP contribution in [-0.2, 0) is 12.8 Å². The lowest BCUT2D eigenvalue weighted by atomic mass is 9.95. The summed E-state index contributed by atoms with van der Waals surface area (Å²) in [6.07, 6.45) is 1.91. The number of aryl methyl sites for hydroxylation is 2. The molecule has 2 heteroatoms. The lowest BCUT2D eigenvalue weighted by molar-refractivity contribution is 0.716. The molecule has 0 aliphatic carbocycles. The number of rotatable bonds is 4. The minimum atomic E-state index is -0.00817. The molecule has 1 atom stereocenters. The molecular weight excluding hydrogens is 254 g/mol. The highest BCUT2D eigenvalue weighted by Gasteiger charge is 2.10. The van der Waals surface area contributed by atoms with E-state index in [1.54, 1.807) is 0 Å². The number of hydrogen-bond donors (Lipinski definition) is 1. The van der Waals surface area contributed by atoms with Gasteiger partial charge < -0.3 is 5.73 Å². The molecule has 19 heavy (non-hydrogen) atoms. The number of benzene rings is 2. The third-order valence-electron chi connectivity index (χ3n) is 3.53. The van der Waals surface area contributed by atoms with E-state index < -0.39 is 0 Å². The van der Waals surface area contributed by atoms with Crippen LogP contribution in [0.15, 0.2) is 42.5 Å². The van der Waals surface area contributed by atoms with Crippen molar-refractivity contribution in [3.8, 4) is 0 Å². The Labute approximate surface area is 120 Å². The molecule has 0 fully saturated rings. The summed E-state index contributed by atoms with van der Waals surface area (Å²) in [7, 11) is 0. The van der Waals surface area contributed by atoms with Crippen LogP contribution in [0.5, 0.6) is 0 Å². The lowest BCUT2D eigenvalue weighted by Gasteiger charge is -2.15. The van der Waals surface area contributed by atoms with E-state index in [2.05, 4.69) is 38.1 Å². The van der Waals surface area contributed by atoms with Crippen molar-refractivity contribution < 1.29 is 0 Å². The molecule has 0 amide bonds. The predicted octanol–water partition coefficient (Wildman–Crippen LogP) is 4.45. The Morgan fingerprint density at radius 1 is 1.05 bits per heavy atom. The van der Waals surface area contributed by atoms with Crippen molar-refractivity contribution in [3.63, 3.8) is 0 Å². The van der Waals surface area contributed by atoms with Crippen LogP contribution in [0.1, 0.15) is 35.2 Å². The Hall–Kier alpha value is -1.31. The van der Waals surface area contributed by atoms with Gasteiger partial charge in [0.1, 0.15) is 0 Å². The first-order valence-electron chi connectivity index (χ1n) is 6.69. The molecule has 2 aromatic rings. The van der Waals surface area contributed by atoms with Gasteiger partial charge in [-0.3, -0.25) is 0 Å². The second-order valence-electron chi connectivity index (χ2n) is 4.98. The molecule has 100 valence electrons. The molecular formula is C17H20ClN. The number of nitrogens with two attached hydrogens (primary N) is 1. The molecule has 0 saturated heterocycles. The van der Waals surface area contributed by atoms with Gasteiger partial charge in [-0.05, 0) is 54.2 Å². The molecule has 2 N–H and O–H groups in total. The molecule has 1 unspecified atom stereocenters. The van der Waals surface area contributed by atoms with Gasteiger partial charge in [0.05, 0.1) is 0 Å². The van der Waals surface area contributed by atoms with Gasteiger partial charge in [-0.2, -0.15) is 0 Å². The highest BCUT2D eigenvalue weighted by Crippen LogP contribution is 2.23. The highest BCUT2D eigenvalue weighted by molar-refractivity contribution is 6.30. The van der Waals surface area contributed by atoms with Gasteiger partial charge in [0.25, 0.3) is 0 Å². The maximum atomic E-state index is 6.31. The van der Waals surface area contributed by atoms with Gasteiger partial charge in [-0.25, -0.2) is 0 Å². The summed E-state index contributed by atoms with van der Waals surface area (Å²) in [5.41, 5.74) is 11.3. The fourth-order valence-electron chi connectivity index (χ4n) is 2.29. The van der Waals surface area contributed by atoms with Crippen LogP contribution in [0.2, 0.25) is 5.02 Å². The van der Waals surface area contributed by atoms with E-state index in [4.69, 9.17) is 17.3 Å². The molecule has 2 rings (SSSR count). The van der Waals surface area contributed by atoms with E-state index >= 15 is 0 Å². The molecule has 2 aromatic carbocycles. The number of hydrogen-bond acceptors (Lipinski definition) is 1. The zero-order valence-corrected chi connectivity index (χ0v) is 12.2. The van der Waals surface area contributed by atoms with Crippen LogP contribution < -0.4 is 5.73 Å². The van der Waals surface area contributed by atoms with Gasteiger partial charge in [0, 0.05) is 11.1 Å². The second-order valence-corrected chi connectivity index (χ2v) is 5.42. The van der Waals surface area contributed by atoms with E-state index in [1.165, 1.54) is 16.7 Å². The zero-order valence-electron chi connectivity index (χ0n) is 11.5. The van der Waals surface area contributed by atoms with Crippen molar-refractivity contribution in [2.24, 2.45) is 5.73 Å². The Bertz CT molecular complexity index is 546. The zero-order chi connectivity index (χ0) is 13.8. The first-order chi connectivity index (χ1) is 9.10. The molecule has 0 aromatic heterocycles. The first-order valence-corrected chi connectivity index (χ1v) is 7.07. The van der Waals surface area contributed by atoms with Crippen molar-refractivity contribution in [2.75, 3.05) is 0 Å². The topological polar surface area (TPSA) is 26.0 Å². The smallest absolute Gasteiger partial charge is 0.0409 e. The van der Waals surface area contributed by atoms with Crippen LogP contribution in [0.3, 0.4) is 0 Å². The molecule has 0 radical (unpaired) electrons. The molecule has 0 spiro atoms. The standard InChI is InChI=1S/C17H20ClN/c1-3-13-5-7-14(8-6-13)10-17(19)16-11-15(18)9-4-12(16)2/h4-9,11,17H,3,10,19H2,1-2H3. The Kier molecular flexibility index (Phi) is 4.62. The normalized spacial score (nSPS) is 12.4. The van der Waals surface area contributed by atoms with E-state index in [9.17, 15) is 0 Å². The van der Waals surface area contributed by atoms with Gasteiger partial charge in [-0.15, -0.1) is 0 Å². The molecule has 1 nitrogen and oxygen atoms in total. The van der Waals surface area contributed by atoms with Crippen LogP contribution in [-0.4, -0.2) is 0 Å². The molecule has 0 saturated carbocycles. The molecule has 0 aliphatic heterocycles. The summed E-state index contributed by atoms with van der Waals surface area (Å²) in [6.45, 7) is 4.24. The summed E-state index contributed by atoms with van der Waals surface area (Å²) in [4.78, 5) is 0. The molecule has 0 heterocycles. The quantitative estimate of drug-likeness (QED) is 0.875. The number of halogens is 1. The first kappa shape index (κ1) is 14.1. The summed E-state index contributed by atoms with van der Waals surface area (Å²) in [5.74, 6) is 0. The average Bonchev–Trinajstić information content (AvgIpc) is 2.42. The van der Waals surface area contributed by atoms with Crippen molar-refractivity contribution in [1.29, 1.82) is 0 Å². The van der Waals surface area contributed by atoms with E-state index in [0.717, 1.165) is 23.4 Å². The lowest BCUT2D eigenvalue weighted by Crippen LogP contribution is -2.14. The molecule has 0 aliphatic rings.